The van der Waals surface area contributed by atoms with Crippen LogP contribution in [0.3, 0.4) is 0 Å². The fourth-order valence-corrected chi connectivity index (χ4v) is 3.74. The molecular weight excluding hydrogens is 330 g/mol. The Morgan fingerprint density at radius 1 is 1.32 bits per heavy atom. The number of nitrogens with one attached hydrogen (secondary N) is 1. The van der Waals surface area contributed by atoms with Crippen molar-refractivity contribution in [2.75, 3.05) is 25.0 Å². The average Bonchev–Trinajstić information content (AvgIpc) is 2.96. The van der Waals surface area contributed by atoms with Crippen LogP contribution in [-0.4, -0.2) is 43.4 Å². The molecule has 1 aromatic carbocycles. The van der Waals surface area contributed by atoms with Crippen LogP contribution in [0.5, 0.6) is 5.75 Å². The molecule has 1 aliphatic rings. The molecule has 22 heavy (non-hydrogen) atoms. The maximum atomic E-state index is 12.4. The Bertz CT molecular complexity index is 630. The Morgan fingerprint density at radius 3 is 2.55 bits per heavy atom. The summed E-state index contributed by atoms with van der Waals surface area (Å²) in [6, 6.07) is 3.87. The Labute approximate surface area is 135 Å². The lowest BCUT2D eigenvalue weighted by molar-refractivity contribution is -0.116. The number of amides is 1. The van der Waals surface area contributed by atoms with E-state index in [0.717, 1.165) is 12.8 Å². The smallest absolute Gasteiger partial charge is 0.243 e. The van der Waals surface area contributed by atoms with Crippen LogP contribution >= 0.6 is 12.4 Å². The minimum absolute atomic E-state index is 0. The summed E-state index contributed by atoms with van der Waals surface area (Å²) >= 11 is 0. The van der Waals surface area contributed by atoms with Gasteiger partial charge in [-0.1, -0.05) is 0 Å². The molecule has 1 amide bonds. The molecule has 0 aliphatic carbocycles. The van der Waals surface area contributed by atoms with Crippen LogP contribution < -0.4 is 11.1 Å². The number of aromatic hydroxyl groups is 1. The molecule has 0 spiro atoms. The quantitative estimate of drug-likeness (QED) is 0.683. The van der Waals surface area contributed by atoms with E-state index >= 15 is 0 Å². The summed E-state index contributed by atoms with van der Waals surface area (Å²) in [7, 11) is -3.58. The molecule has 124 valence electrons. The van der Waals surface area contributed by atoms with Crippen LogP contribution in [0.15, 0.2) is 23.1 Å². The van der Waals surface area contributed by atoms with Crippen molar-refractivity contribution < 1.29 is 18.3 Å². The molecule has 4 N–H and O–H groups in total. The Hall–Kier alpha value is -1.35. The van der Waals surface area contributed by atoms with Crippen molar-refractivity contribution >= 4 is 34.0 Å². The molecule has 0 saturated carbocycles. The largest absolute Gasteiger partial charge is 0.506 e. The van der Waals surface area contributed by atoms with Gasteiger partial charge in [-0.2, -0.15) is 4.31 Å². The van der Waals surface area contributed by atoms with Crippen LogP contribution in [0.1, 0.15) is 19.3 Å². The third-order valence-corrected chi connectivity index (χ3v) is 5.21. The van der Waals surface area contributed by atoms with Gasteiger partial charge in [-0.05, 0) is 31.0 Å². The molecule has 9 heteroatoms. The van der Waals surface area contributed by atoms with Gasteiger partial charge in [0.1, 0.15) is 5.75 Å². The van der Waals surface area contributed by atoms with Gasteiger partial charge in [-0.25, -0.2) is 8.42 Å². The molecule has 1 aliphatic heterocycles. The Morgan fingerprint density at radius 2 is 1.95 bits per heavy atom. The lowest BCUT2D eigenvalue weighted by atomic mass is 10.3. The van der Waals surface area contributed by atoms with Crippen LogP contribution in [0, 0.1) is 0 Å². The SMILES string of the molecule is Cl.NCCC(=O)Nc1cc(S(=O)(=O)N2CCCC2)ccc1O. The number of hydrogen-bond donors (Lipinski definition) is 3. The van der Waals surface area contributed by atoms with E-state index in [-0.39, 0.29) is 47.6 Å². The lowest BCUT2D eigenvalue weighted by Crippen LogP contribution is -2.28. The number of carbonyl (C=O) groups excluding carboxylic acids is 1. The Kier molecular flexibility index (Phi) is 6.61. The van der Waals surface area contributed by atoms with Crippen molar-refractivity contribution in [1.29, 1.82) is 0 Å². The van der Waals surface area contributed by atoms with Gasteiger partial charge in [0.05, 0.1) is 10.6 Å². The van der Waals surface area contributed by atoms with Gasteiger partial charge in [0.2, 0.25) is 15.9 Å². The number of anilines is 1. The highest BCUT2D eigenvalue weighted by molar-refractivity contribution is 7.89. The average molecular weight is 350 g/mol. The van der Waals surface area contributed by atoms with Crippen molar-refractivity contribution in [2.45, 2.75) is 24.2 Å². The molecule has 1 saturated heterocycles. The summed E-state index contributed by atoms with van der Waals surface area (Å²) in [6.45, 7) is 1.18. The second-order valence-corrected chi connectivity index (χ2v) is 6.81. The van der Waals surface area contributed by atoms with Crippen LogP contribution in [0.4, 0.5) is 5.69 Å². The van der Waals surface area contributed by atoms with Crippen molar-refractivity contribution in [3.05, 3.63) is 18.2 Å². The standard InChI is InChI=1S/C13H19N3O4S.ClH/c14-6-5-13(18)15-11-9-10(3-4-12(11)17)21(19,20)16-7-1-2-8-16;/h3-4,9,17H,1-2,5-8,14H2,(H,15,18);1H. The summed E-state index contributed by atoms with van der Waals surface area (Å²) in [5, 5.41) is 12.2. The summed E-state index contributed by atoms with van der Waals surface area (Å²) in [5.74, 6) is -0.552. The number of rotatable bonds is 5. The zero-order valence-electron chi connectivity index (χ0n) is 12.0. The van der Waals surface area contributed by atoms with Gasteiger partial charge >= 0.3 is 0 Å². The fraction of sp³-hybridized carbons (Fsp3) is 0.462. The van der Waals surface area contributed by atoms with Crippen LogP contribution in [-0.2, 0) is 14.8 Å². The highest BCUT2D eigenvalue weighted by atomic mass is 35.5. The van der Waals surface area contributed by atoms with E-state index in [0.29, 0.717) is 13.1 Å². The van der Waals surface area contributed by atoms with Crippen LogP contribution in [0.2, 0.25) is 0 Å². The maximum Gasteiger partial charge on any atom is 0.243 e. The highest BCUT2D eigenvalue weighted by Gasteiger charge is 2.27. The normalized spacial score (nSPS) is 15.3. The maximum absolute atomic E-state index is 12.4. The van der Waals surface area contributed by atoms with Crippen molar-refractivity contribution in [2.24, 2.45) is 5.73 Å². The van der Waals surface area contributed by atoms with Crippen LogP contribution in [0.25, 0.3) is 0 Å². The molecule has 0 unspecified atom stereocenters. The number of sulfonamides is 1. The minimum atomic E-state index is -3.58. The van der Waals surface area contributed by atoms with E-state index in [1.54, 1.807) is 0 Å². The zero-order valence-corrected chi connectivity index (χ0v) is 13.6. The number of nitrogens with zero attached hydrogens (tertiary/aromatic N) is 1. The van der Waals surface area contributed by atoms with Gasteiger partial charge in [0, 0.05) is 26.1 Å². The van der Waals surface area contributed by atoms with E-state index in [1.807, 2.05) is 0 Å². The number of carbonyl (C=O) groups is 1. The van der Waals surface area contributed by atoms with Gasteiger partial charge in [-0.15, -0.1) is 12.4 Å². The molecule has 7 nitrogen and oxygen atoms in total. The lowest BCUT2D eigenvalue weighted by Gasteiger charge is -2.16. The fourth-order valence-electron chi connectivity index (χ4n) is 2.20. The predicted octanol–water partition coefficient (Wildman–Crippen LogP) is 0.886. The third-order valence-electron chi connectivity index (χ3n) is 3.32. The summed E-state index contributed by atoms with van der Waals surface area (Å²) < 4.78 is 26.2. The first-order chi connectivity index (χ1) is 9.95. The van der Waals surface area contributed by atoms with E-state index in [1.165, 1.54) is 22.5 Å². The number of nitrogens with two attached hydrogens (primary N) is 1. The number of halogens is 1. The zero-order chi connectivity index (χ0) is 15.5. The highest BCUT2D eigenvalue weighted by Crippen LogP contribution is 2.29. The molecule has 1 aromatic rings. The van der Waals surface area contributed by atoms with Gasteiger partial charge in [0.25, 0.3) is 0 Å². The molecule has 2 rings (SSSR count). The van der Waals surface area contributed by atoms with E-state index < -0.39 is 10.0 Å². The van der Waals surface area contributed by atoms with Gasteiger partial charge in [-0.3, -0.25) is 4.79 Å². The first kappa shape index (κ1) is 18.7. The van der Waals surface area contributed by atoms with Gasteiger partial charge < -0.3 is 16.2 Å². The third kappa shape index (κ3) is 4.10. The molecule has 0 aromatic heterocycles. The summed E-state index contributed by atoms with van der Waals surface area (Å²) in [5.41, 5.74) is 5.35. The summed E-state index contributed by atoms with van der Waals surface area (Å²) in [6.07, 6.45) is 1.79. The minimum Gasteiger partial charge on any atom is -0.506 e. The number of hydrogen-bond acceptors (Lipinski definition) is 5. The summed E-state index contributed by atoms with van der Waals surface area (Å²) in [4.78, 5) is 11.6. The van der Waals surface area contributed by atoms with Crippen molar-refractivity contribution in [3.8, 4) is 5.75 Å². The second kappa shape index (κ2) is 7.77. The first-order valence-electron chi connectivity index (χ1n) is 6.78. The van der Waals surface area contributed by atoms with E-state index in [2.05, 4.69) is 5.32 Å². The van der Waals surface area contributed by atoms with Gasteiger partial charge in [0.15, 0.2) is 0 Å². The molecule has 1 heterocycles. The Balaban J connectivity index is 0.00000242. The number of phenols is 1. The molecule has 0 radical (unpaired) electrons. The van der Waals surface area contributed by atoms with Crippen molar-refractivity contribution in [3.63, 3.8) is 0 Å². The monoisotopic (exact) mass is 349 g/mol. The van der Waals surface area contributed by atoms with E-state index in [4.69, 9.17) is 5.73 Å². The van der Waals surface area contributed by atoms with Crippen molar-refractivity contribution in [1.82, 2.24) is 4.31 Å². The molecule has 1 fully saturated rings. The second-order valence-electron chi connectivity index (χ2n) is 4.88. The topological polar surface area (TPSA) is 113 Å². The molecular formula is C13H20ClN3O4S. The first-order valence-corrected chi connectivity index (χ1v) is 8.22. The molecule has 0 atom stereocenters. The number of benzene rings is 1. The van der Waals surface area contributed by atoms with E-state index in [9.17, 15) is 18.3 Å². The predicted molar refractivity (Wildman–Crippen MR) is 85.6 cm³/mol. The number of phenolic OH excluding ortho intramolecular Hbond substituents is 1. The molecule has 0 bridgehead atoms.